The number of allylic oxidation sites excluding steroid dienone is 1. The molecule has 0 fully saturated rings. The number of nitrogens with two attached hydrogens (primary N) is 1. The summed E-state index contributed by atoms with van der Waals surface area (Å²) in [4.78, 5) is 22.2. The van der Waals surface area contributed by atoms with Crippen LogP contribution in [0.25, 0.3) is 0 Å². The molecular formula is C11H17NO4S. The highest BCUT2D eigenvalue weighted by molar-refractivity contribution is 8.04. The fourth-order valence-corrected chi connectivity index (χ4v) is 2.00. The molecule has 17 heavy (non-hydrogen) atoms. The molecule has 0 saturated heterocycles. The van der Waals surface area contributed by atoms with E-state index in [9.17, 15) is 9.59 Å². The fraction of sp³-hybridized carbons (Fsp3) is 0.455. The predicted molar refractivity (Wildman–Crippen MR) is 67.4 cm³/mol. The van der Waals surface area contributed by atoms with Crippen LogP contribution in [0.2, 0.25) is 0 Å². The summed E-state index contributed by atoms with van der Waals surface area (Å²) in [6.07, 6.45) is 5.53. The zero-order valence-electron chi connectivity index (χ0n) is 9.63. The molecular weight excluding hydrogens is 242 g/mol. The molecule has 0 aliphatic rings. The van der Waals surface area contributed by atoms with Crippen LogP contribution in [-0.4, -0.2) is 33.8 Å². The number of rotatable bonds is 8. The van der Waals surface area contributed by atoms with Gasteiger partial charge in [-0.25, -0.2) is 4.79 Å². The molecule has 0 rings (SSSR count). The van der Waals surface area contributed by atoms with Crippen molar-refractivity contribution >= 4 is 23.5 Å². The summed E-state index contributed by atoms with van der Waals surface area (Å²) >= 11 is 1.14. The zero-order valence-corrected chi connectivity index (χ0v) is 10.4. The summed E-state index contributed by atoms with van der Waals surface area (Å²) < 4.78 is 0. The van der Waals surface area contributed by atoms with Gasteiger partial charge in [0.2, 0.25) is 0 Å². The molecule has 1 atom stereocenters. The summed E-state index contributed by atoms with van der Waals surface area (Å²) in [7, 11) is 0. The summed E-state index contributed by atoms with van der Waals surface area (Å²) in [5.41, 5.74) is 5.22. The molecule has 5 nitrogen and oxygen atoms in total. The number of carbonyl (C=O) groups is 2. The van der Waals surface area contributed by atoms with Crippen LogP contribution in [0.1, 0.15) is 19.8 Å². The smallest absolute Gasteiger partial charge is 0.377 e. The number of carbonyl (C=O) groups excluding carboxylic acids is 1. The Bertz CT molecular complexity index is 325. The number of hydrogen-bond acceptors (Lipinski definition) is 5. The summed E-state index contributed by atoms with van der Waals surface area (Å²) in [5.74, 6) is -2.40. The minimum absolute atomic E-state index is 0.00790. The summed E-state index contributed by atoms with van der Waals surface area (Å²) in [6, 6.07) is 0. The van der Waals surface area contributed by atoms with Gasteiger partial charge in [-0.15, -0.1) is 11.8 Å². The van der Waals surface area contributed by atoms with Crippen LogP contribution in [-0.2, 0) is 9.59 Å². The first-order valence-electron chi connectivity index (χ1n) is 5.16. The number of aliphatic carboxylic acids is 1. The maximum Gasteiger partial charge on any atom is 0.377 e. The monoisotopic (exact) mass is 259 g/mol. The van der Waals surface area contributed by atoms with E-state index < -0.39 is 11.8 Å². The number of ketones is 1. The molecule has 96 valence electrons. The zero-order chi connectivity index (χ0) is 13.3. The summed E-state index contributed by atoms with van der Waals surface area (Å²) in [5, 5.41) is 17.2. The Morgan fingerprint density at radius 3 is 2.59 bits per heavy atom. The maximum atomic E-state index is 11.4. The normalized spacial score (nSPS) is 13.9. The van der Waals surface area contributed by atoms with Crippen LogP contribution in [0.15, 0.2) is 23.3 Å². The van der Waals surface area contributed by atoms with E-state index in [0.29, 0.717) is 12.8 Å². The number of aliphatic hydroxyl groups excluding tert-OH is 1. The molecule has 0 aromatic rings. The van der Waals surface area contributed by atoms with Gasteiger partial charge in [0, 0.05) is 11.9 Å². The van der Waals surface area contributed by atoms with E-state index in [0.717, 1.165) is 11.8 Å². The molecule has 4 N–H and O–H groups in total. The number of Topliss-reactive ketones (excluding diaryl/α,β-unsaturated/α-hetero) is 1. The van der Waals surface area contributed by atoms with Gasteiger partial charge in [-0.2, -0.15) is 0 Å². The minimum Gasteiger partial charge on any atom is -0.475 e. The van der Waals surface area contributed by atoms with Crippen molar-refractivity contribution in [1.82, 2.24) is 0 Å². The highest BCUT2D eigenvalue weighted by Crippen LogP contribution is 2.24. The highest BCUT2D eigenvalue weighted by atomic mass is 32.2. The second-order valence-electron chi connectivity index (χ2n) is 3.28. The highest BCUT2D eigenvalue weighted by Gasteiger charge is 2.19. The van der Waals surface area contributed by atoms with Crippen LogP contribution in [0, 0.1) is 0 Å². The molecule has 1 unspecified atom stereocenters. The Kier molecular flexibility index (Phi) is 8.17. The van der Waals surface area contributed by atoms with E-state index in [-0.39, 0.29) is 16.8 Å². The van der Waals surface area contributed by atoms with E-state index in [1.165, 1.54) is 12.3 Å². The van der Waals surface area contributed by atoms with E-state index in [1.54, 1.807) is 6.08 Å². The first-order valence-corrected chi connectivity index (χ1v) is 6.04. The first-order chi connectivity index (χ1) is 8.02. The van der Waals surface area contributed by atoms with Gasteiger partial charge in [-0.1, -0.05) is 12.2 Å². The van der Waals surface area contributed by atoms with E-state index in [1.807, 2.05) is 6.92 Å². The third-order valence-electron chi connectivity index (χ3n) is 1.80. The van der Waals surface area contributed by atoms with Crippen LogP contribution in [0.4, 0.5) is 0 Å². The van der Waals surface area contributed by atoms with Gasteiger partial charge in [-0.05, 0) is 26.0 Å². The molecule has 0 aromatic carbocycles. The molecule has 6 heteroatoms. The average Bonchev–Trinajstić information content (AvgIpc) is 2.27. The van der Waals surface area contributed by atoms with Crippen molar-refractivity contribution < 1.29 is 19.8 Å². The van der Waals surface area contributed by atoms with Crippen LogP contribution in [0.3, 0.4) is 0 Å². The average molecular weight is 259 g/mol. The third-order valence-corrected chi connectivity index (χ3v) is 2.94. The lowest BCUT2D eigenvalue weighted by Crippen LogP contribution is -2.15. The molecule has 0 aromatic heterocycles. The quantitative estimate of drug-likeness (QED) is 0.340. The van der Waals surface area contributed by atoms with Crippen molar-refractivity contribution in [3.8, 4) is 0 Å². The summed E-state index contributed by atoms with van der Waals surface area (Å²) in [6.45, 7) is 1.82. The molecule has 0 spiro atoms. The molecule has 0 aliphatic heterocycles. The van der Waals surface area contributed by atoms with Crippen LogP contribution in [0.5, 0.6) is 0 Å². The molecule has 0 heterocycles. The second kappa shape index (κ2) is 8.83. The largest absolute Gasteiger partial charge is 0.475 e. The Morgan fingerprint density at radius 2 is 2.12 bits per heavy atom. The van der Waals surface area contributed by atoms with Crippen molar-refractivity contribution in [2.45, 2.75) is 25.0 Å². The van der Waals surface area contributed by atoms with E-state index >= 15 is 0 Å². The second-order valence-corrected chi connectivity index (χ2v) is 4.70. The van der Waals surface area contributed by atoms with Gasteiger partial charge < -0.3 is 15.9 Å². The Labute approximate surface area is 104 Å². The van der Waals surface area contributed by atoms with Gasteiger partial charge >= 0.3 is 5.97 Å². The first kappa shape index (κ1) is 15.7. The third kappa shape index (κ3) is 6.80. The lowest BCUT2D eigenvalue weighted by molar-refractivity contribution is -0.146. The number of carboxylic acid groups (broad SMARTS) is 1. The van der Waals surface area contributed by atoms with Gasteiger partial charge in [0.05, 0.1) is 4.91 Å². The number of aliphatic hydroxyl groups is 1. The van der Waals surface area contributed by atoms with Gasteiger partial charge in [0.15, 0.2) is 0 Å². The number of thioether (sulfide) groups is 1. The topological polar surface area (TPSA) is 101 Å². The number of hydrogen-bond donors (Lipinski definition) is 3. The van der Waals surface area contributed by atoms with Gasteiger partial charge in [-0.3, -0.25) is 4.79 Å². The standard InChI is InChI=1S/C11H17NO4S/c1-8(5-6-12)17-9(4-2-3-7-13)10(14)11(15)16/h4-6,8,13H,2-3,7,12H2,1H3,(H,15,16)/b6-5+,9-4-. The van der Waals surface area contributed by atoms with Gasteiger partial charge in [0.1, 0.15) is 0 Å². The lowest BCUT2D eigenvalue weighted by atomic mass is 10.2. The SMILES string of the molecule is CC(/C=C/N)S/C(=C\CCCO)C(=O)C(=O)O. The Balaban J connectivity index is 4.67. The maximum absolute atomic E-state index is 11.4. The minimum atomic E-state index is -1.48. The molecule has 0 amide bonds. The fourth-order valence-electron chi connectivity index (χ4n) is 1.02. The molecule has 0 bridgehead atoms. The van der Waals surface area contributed by atoms with Crippen molar-refractivity contribution in [3.63, 3.8) is 0 Å². The molecule has 0 radical (unpaired) electrons. The number of unbranched alkanes of at least 4 members (excludes halogenated alkanes) is 1. The van der Waals surface area contributed by atoms with Crippen molar-refractivity contribution in [3.05, 3.63) is 23.3 Å². The Morgan fingerprint density at radius 1 is 1.47 bits per heavy atom. The van der Waals surface area contributed by atoms with Crippen LogP contribution >= 0.6 is 11.8 Å². The van der Waals surface area contributed by atoms with Gasteiger partial charge in [0.25, 0.3) is 5.78 Å². The predicted octanol–water partition coefficient (Wildman–Crippen LogP) is 0.891. The number of carboxylic acids is 1. The lowest BCUT2D eigenvalue weighted by Gasteiger charge is -2.07. The van der Waals surface area contributed by atoms with Crippen molar-refractivity contribution in [2.24, 2.45) is 5.73 Å². The molecule has 0 saturated carbocycles. The van der Waals surface area contributed by atoms with E-state index in [4.69, 9.17) is 15.9 Å². The molecule has 0 aliphatic carbocycles. The van der Waals surface area contributed by atoms with Crippen LogP contribution < -0.4 is 5.73 Å². The Hall–Kier alpha value is -1.27. The van der Waals surface area contributed by atoms with E-state index in [2.05, 4.69) is 0 Å². The van der Waals surface area contributed by atoms with Crippen molar-refractivity contribution in [1.29, 1.82) is 0 Å². The van der Waals surface area contributed by atoms with Crippen molar-refractivity contribution in [2.75, 3.05) is 6.61 Å².